The molecule has 0 aliphatic heterocycles. The predicted octanol–water partition coefficient (Wildman–Crippen LogP) is 2.05. The van der Waals surface area contributed by atoms with Gasteiger partial charge in [-0.05, 0) is 31.4 Å². The second-order valence-electron chi connectivity index (χ2n) is 5.11. The molecular formula is C14H21NO3. The highest BCUT2D eigenvalue weighted by atomic mass is 16.3. The molecule has 1 aromatic rings. The molecule has 18 heavy (non-hydrogen) atoms. The molecule has 1 amide bonds. The zero-order valence-electron chi connectivity index (χ0n) is 11.0. The van der Waals surface area contributed by atoms with E-state index in [-0.39, 0.29) is 17.7 Å². The van der Waals surface area contributed by atoms with E-state index >= 15 is 0 Å². The van der Waals surface area contributed by atoms with Gasteiger partial charge in [0.15, 0.2) is 0 Å². The summed E-state index contributed by atoms with van der Waals surface area (Å²) in [5.41, 5.74) is -0.773. The van der Waals surface area contributed by atoms with Crippen molar-refractivity contribution in [3.05, 3.63) is 24.2 Å². The van der Waals surface area contributed by atoms with Gasteiger partial charge in [0, 0.05) is 18.4 Å². The topological polar surface area (TPSA) is 62.5 Å². The van der Waals surface area contributed by atoms with Crippen LogP contribution in [0.4, 0.5) is 0 Å². The fraction of sp³-hybridized carbons (Fsp3) is 0.643. The number of hydrogen-bond acceptors (Lipinski definition) is 3. The standard InChI is InChI=1S/C14H21NO3/c1-3-14(17,4-2)9-15-13(16)11-8-10(11)12-6-5-7-18-12/h5-7,10-11,17H,3-4,8-9H2,1-2H3,(H,15,16). The van der Waals surface area contributed by atoms with Crippen LogP contribution in [0.5, 0.6) is 0 Å². The van der Waals surface area contributed by atoms with Crippen LogP contribution >= 0.6 is 0 Å². The number of amides is 1. The summed E-state index contributed by atoms with van der Waals surface area (Å²) in [5.74, 6) is 1.14. The molecule has 4 heteroatoms. The normalized spacial score (nSPS) is 22.8. The number of carbonyl (C=O) groups is 1. The first-order valence-electron chi connectivity index (χ1n) is 6.63. The van der Waals surface area contributed by atoms with E-state index in [4.69, 9.17) is 4.42 Å². The van der Waals surface area contributed by atoms with Crippen molar-refractivity contribution in [3.8, 4) is 0 Å². The average Bonchev–Trinajstić information content (AvgIpc) is 3.01. The van der Waals surface area contributed by atoms with Gasteiger partial charge in [0.25, 0.3) is 0 Å². The number of aliphatic hydroxyl groups is 1. The molecule has 1 fully saturated rings. The third-order valence-corrected chi connectivity index (χ3v) is 3.94. The van der Waals surface area contributed by atoms with Crippen LogP contribution < -0.4 is 5.32 Å². The highest BCUT2D eigenvalue weighted by molar-refractivity contribution is 5.82. The summed E-state index contributed by atoms with van der Waals surface area (Å²) >= 11 is 0. The summed E-state index contributed by atoms with van der Waals surface area (Å²) in [7, 11) is 0. The average molecular weight is 251 g/mol. The lowest BCUT2D eigenvalue weighted by Gasteiger charge is -2.25. The van der Waals surface area contributed by atoms with Crippen molar-refractivity contribution in [1.82, 2.24) is 5.32 Å². The molecule has 1 aromatic heterocycles. The highest BCUT2D eigenvalue weighted by Gasteiger charge is 2.46. The van der Waals surface area contributed by atoms with E-state index in [1.165, 1.54) is 0 Å². The Kier molecular flexibility index (Phi) is 3.76. The van der Waals surface area contributed by atoms with Crippen molar-refractivity contribution < 1.29 is 14.3 Å². The Hall–Kier alpha value is -1.29. The first-order chi connectivity index (χ1) is 8.59. The van der Waals surface area contributed by atoms with E-state index in [1.54, 1.807) is 6.26 Å². The number of carbonyl (C=O) groups excluding carboxylic acids is 1. The van der Waals surface area contributed by atoms with Gasteiger partial charge < -0.3 is 14.8 Å². The van der Waals surface area contributed by atoms with Crippen molar-refractivity contribution in [2.45, 2.75) is 44.6 Å². The molecule has 0 radical (unpaired) electrons. The van der Waals surface area contributed by atoms with Crippen molar-refractivity contribution in [2.24, 2.45) is 5.92 Å². The summed E-state index contributed by atoms with van der Waals surface area (Å²) in [6, 6.07) is 3.75. The monoisotopic (exact) mass is 251 g/mol. The molecule has 1 aliphatic carbocycles. The smallest absolute Gasteiger partial charge is 0.223 e. The van der Waals surface area contributed by atoms with Crippen molar-refractivity contribution in [2.75, 3.05) is 6.54 Å². The van der Waals surface area contributed by atoms with E-state index in [2.05, 4.69) is 5.32 Å². The molecule has 2 N–H and O–H groups in total. The molecule has 4 nitrogen and oxygen atoms in total. The second-order valence-corrected chi connectivity index (χ2v) is 5.11. The van der Waals surface area contributed by atoms with E-state index in [0.717, 1.165) is 12.2 Å². The van der Waals surface area contributed by atoms with Crippen LogP contribution in [0.2, 0.25) is 0 Å². The minimum absolute atomic E-state index is 0.00844. The van der Waals surface area contributed by atoms with E-state index in [0.29, 0.717) is 19.4 Å². The van der Waals surface area contributed by atoms with Gasteiger partial charge in [-0.25, -0.2) is 0 Å². The molecule has 0 bridgehead atoms. The Morgan fingerprint density at radius 2 is 2.28 bits per heavy atom. The molecule has 1 heterocycles. The summed E-state index contributed by atoms with van der Waals surface area (Å²) in [5, 5.41) is 12.9. The SMILES string of the molecule is CCC(O)(CC)CNC(=O)C1CC1c1ccco1. The van der Waals surface area contributed by atoms with Crippen LogP contribution in [-0.4, -0.2) is 23.2 Å². The van der Waals surface area contributed by atoms with Gasteiger partial charge in [-0.3, -0.25) is 4.79 Å². The van der Waals surface area contributed by atoms with Gasteiger partial charge >= 0.3 is 0 Å². The Balaban J connectivity index is 1.81. The quantitative estimate of drug-likeness (QED) is 0.813. The number of nitrogens with one attached hydrogen (secondary N) is 1. The Morgan fingerprint density at radius 3 is 2.83 bits per heavy atom. The minimum atomic E-state index is -0.773. The van der Waals surface area contributed by atoms with Crippen LogP contribution in [0, 0.1) is 5.92 Å². The summed E-state index contributed by atoms with van der Waals surface area (Å²) in [6.45, 7) is 4.19. The molecular weight excluding hydrogens is 230 g/mol. The molecule has 0 spiro atoms. The molecule has 2 rings (SSSR count). The fourth-order valence-corrected chi connectivity index (χ4v) is 2.18. The highest BCUT2D eigenvalue weighted by Crippen LogP contribution is 2.47. The van der Waals surface area contributed by atoms with Gasteiger partial charge in [-0.2, -0.15) is 0 Å². The Labute approximate surface area is 107 Å². The second kappa shape index (κ2) is 5.14. The van der Waals surface area contributed by atoms with Crippen LogP contribution in [0.15, 0.2) is 22.8 Å². The molecule has 0 aromatic carbocycles. The van der Waals surface area contributed by atoms with E-state index in [1.807, 2.05) is 26.0 Å². The third kappa shape index (κ3) is 2.75. The number of furan rings is 1. The van der Waals surface area contributed by atoms with Crippen LogP contribution in [-0.2, 0) is 4.79 Å². The van der Waals surface area contributed by atoms with E-state index in [9.17, 15) is 9.90 Å². The summed E-state index contributed by atoms with van der Waals surface area (Å²) in [6.07, 6.45) is 3.78. The van der Waals surface area contributed by atoms with Crippen molar-refractivity contribution in [1.29, 1.82) is 0 Å². The lowest BCUT2D eigenvalue weighted by atomic mass is 9.97. The van der Waals surface area contributed by atoms with Crippen LogP contribution in [0.25, 0.3) is 0 Å². The van der Waals surface area contributed by atoms with Crippen molar-refractivity contribution in [3.63, 3.8) is 0 Å². The minimum Gasteiger partial charge on any atom is -0.469 e. The van der Waals surface area contributed by atoms with E-state index < -0.39 is 5.60 Å². The Bertz CT molecular complexity index is 395. The fourth-order valence-electron chi connectivity index (χ4n) is 2.18. The molecule has 2 unspecified atom stereocenters. The van der Waals surface area contributed by atoms with Gasteiger partial charge in [0.1, 0.15) is 5.76 Å². The first kappa shape index (κ1) is 13.1. The van der Waals surface area contributed by atoms with Gasteiger partial charge in [0.05, 0.1) is 11.9 Å². The maximum atomic E-state index is 11.9. The lowest BCUT2D eigenvalue weighted by Crippen LogP contribution is -2.42. The number of rotatable bonds is 6. The number of hydrogen-bond donors (Lipinski definition) is 2. The Morgan fingerprint density at radius 1 is 1.56 bits per heavy atom. The largest absolute Gasteiger partial charge is 0.469 e. The molecule has 100 valence electrons. The van der Waals surface area contributed by atoms with Gasteiger partial charge in [0.2, 0.25) is 5.91 Å². The molecule has 2 atom stereocenters. The lowest BCUT2D eigenvalue weighted by molar-refractivity contribution is -0.123. The van der Waals surface area contributed by atoms with Crippen LogP contribution in [0.1, 0.15) is 44.8 Å². The molecule has 1 saturated carbocycles. The summed E-state index contributed by atoms with van der Waals surface area (Å²) < 4.78 is 5.30. The van der Waals surface area contributed by atoms with Crippen molar-refractivity contribution >= 4 is 5.91 Å². The molecule has 1 aliphatic rings. The maximum absolute atomic E-state index is 11.9. The first-order valence-corrected chi connectivity index (χ1v) is 6.63. The van der Waals surface area contributed by atoms with Gasteiger partial charge in [-0.1, -0.05) is 13.8 Å². The van der Waals surface area contributed by atoms with Crippen LogP contribution in [0.3, 0.4) is 0 Å². The summed E-state index contributed by atoms with van der Waals surface area (Å²) in [4.78, 5) is 11.9. The third-order valence-electron chi connectivity index (χ3n) is 3.94. The predicted molar refractivity (Wildman–Crippen MR) is 68.1 cm³/mol. The molecule has 0 saturated heterocycles. The zero-order chi connectivity index (χ0) is 13.2. The maximum Gasteiger partial charge on any atom is 0.223 e. The zero-order valence-corrected chi connectivity index (χ0v) is 11.0. The van der Waals surface area contributed by atoms with Gasteiger partial charge in [-0.15, -0.1) is 0 Å².